The normalized spacial score (nSPS) is 21.0. The molecule has 208 valence electrons. The lowest BCUT2D eigenvalue weighted by Gasteiger charge is -2.38. The number of nitrogens with zero attached hydrogens (tertiary/aromatic N) is 3. The number of rotatable bonds is 5. The summed E-state index contributed by atoms with van der Waals surface area (Å²) in [4.78, 5) is 35.1. The molecule has 3 N–H and O–H groups in total. The Morgan fingerprint density at radius 3 is 2.52 bits per heavy atom. The van der Waals surface area contributed by atoms with Crippen LogP contribution in [0.15, 0.2) is 65.6 Å². The number of piperidine rings is 1. The Labute approximate surface area is 236 Å². The number of aromatic amines is 1. The van der Waals surface area contributed by atoms with E-state index in [-0.39, 0.29) is 30.0 Å². The predicted molar refractivity (Wildman–Crippen MR) is 153 cm³/mol. The highest BCUT2D eigenvalue weighted by atomic mass is 35.5. The number of hydrogen-bond donors (Lipinski definition) is 3. The number of aliphatic hydroxyl groups is 1. The number of nitrogens with one attached hydrogen (secondary N) is 2. The van der Waals surface area contributed by atoms with Gasteiger partial charge in [0, 0.05) is 48.5 Å². The van der Waals surface area contributed by atoms with Crippen LogP contribution in [-0.2, 0) is 11.2 Å². The smallest absolute Gasteiger partial charge is 0.260 e. The molecule has 2 atom stereocenters. The summed E-state index contributed by atoms with van der Waals surface area (Å²) in [7, 11) is 0. The van der Waals surface area contributed by atoms with E-state index in [1.807, 2.05) is 22.9 Å². The third-order valence-electron chi connectivity index (χ3n) is 7.94. The van der Waals surface area contributed by atoms with Crippen LogP contribution in [0, 0.1) is 0 Å². The van der Waals surface area contributed by atoms with Crippen LogP contribution in [0.4, 0.5) is 0 Å². The minimum Gasteiger partial charge on any atom is -0.389 e. The maximum Gasteiger partial charge on any atom is 0.260 e. The van der Waals surface area contributed by atoms with Crippen LogP contribution < -0.4 is 10.9 Å². The summed E-state index contributed by atoms with van der Waals surface area (Å²) in [5.74, 6) is 0.337. The van der Waals surface area contributed by atoms with Gasteiger partial charge in [0.1, 0.15) is 5.82 Å². The van der Waals surface area contributed by atoms with Crippen molar-refractivity contribution in [2.45, 2.75) is 43.9 Å². The van der Waals surface area contributed by atoms with E-state index in [0.29, 0.717) is 60.0 Å². The second-order valence-electron chi connectivity index (χ2n) is 10.8. The fourth-order valence-electron chi connectivity index (χ4n) is 5.52. The summed E-state index contributed by atoms with van der Waals surface area (Å²) in [6, 6.07) is 16.9. The minimum absolute atomic E-state index is 0.0862. The molecule has 0 radical (unpaired) electrons. The number of ether oxygens (including phenoxy) is 1. The van der Waals surface area contributed by atoms with Crippen molar-refractivity contribution in [3.8, 4) is 5.69 Å². The second kappa shape index (κ2) is 10.8. The average Bonchev–Trinajstić information content (AvgIpc) is 3.38. The summed E-state index contributed by atoms with van der Waals surface area (Å²) in [6.45, 7) is 4.31. The van der Waals surface area contributed by atoms with Crippen LogP contribution >= 0.6 is 11.6 Å². The summed E-state index contributed by atoms with van der Waals surface area (Å²) in [5, 5.41) is 15.9. The Morgan fingerprint density at radius 1 is 1.12 bits per heavy atom. The molecule has 2 aliphatic rings. The molecule has 6 rings (SSSR count). The van der Waals surface area contributed by atoms with Crippen molar-refractivity contribution in [1.82, 2.24) is 24.8 Å². The molecule has 2 aromatic heterocycles. The van der Waals surface area contributed by atoms with Crippen molar-refractivity contribution < 1.29 is 14.6 Å². The first kappa shape index (κ1) is 26.7. The lowest BCUT2D eigenvalue weighted by Crippen LogP contribution is -2.48. The molecule has 2 aliphatic heterocycles. The van der Waals surface area contributed by atoms with Gasteiger partial charge < -0.3 is 29.6 Å². The van der Waals surface area contributed by atoms with Crippen LogP contribution in [0.3, 0.4) is 0 Å². The molecule has 10 heteroatoms. The summed E-state index contributed by atoms with van der Waals surface area (Å²) >= 11 is 5.94. The molecule has 2 fully saturated rings. The van der Waals surface area contributed by atoms with Gasteiger partial charge in [-0.05, 0) is 67.8 Å². The Hall–Kier alpha value is -3.50. The summed E-state index contributed by atoms with van der Waals surface area (Å²) in [5.41, 5.74) is 1.82. The van der Waals surface area contributed by atoms with Crippen LogP contribution in [-0.4, -0.2) is 68.4 Å². The van der Waals surface area contributed by atoms with Crippen molar-refractivity contribution in [2.75, 3.05) is 26.2 Å². The molecule has 9 nitrogen and oxygen atoms in total. The number of aromatic nitrogens is 3. The van der Waals surface area contributed by atoms with E-state index in [2.05, 4.69) is 29.4 Å². The number of likely N-dealkylation sites (tertiary alicyclic amines) is 1. The number of H-pyrrole nitrogens is 1. The molecule has 0 saturated carbocycles. The number of carbonyl (C=O) groups is 1. The zero-order valence-corrected chi connectivity index (χ0v) is 23.0. The highest BCUT2D eigenvalue weighted by Crippen LogP contribution is 2.27. The highest BCUT2D eigenvalue weighted by molar-refractivity contribution is 6.30. The molecule has 0 unspecified atom stereocenters. The Morgan fingerprint density at radius 2 is 1.85 bits per heavy atom. The SMILES string of the molecule is C[C@H]1CN[C@H](c2ccc(-n3ccc4c(=O)[nH]c(CC5(O)CCN(C(=O)c6ccc(Cl)cc6)CC5)nc43)cc2)CO1. The van der Waals surface area contributed by atoms with Gasteiger partial charge in [0.25, 0.3) is 11.5 Å². The molecule has 1 amide bonds. The molecule has 4 aromatic rings. The zero-order chi connectivity index (χ0) is 27.9. The Balaban J connectivity index is 1.17. The first-order valence-electron chi connectivity index (χ1n) is 13.6. The first-order valence-corrected chi connectivity index (χ1v) is 14.0. The molecule has 4 heterocycles. The largest absolute Gasteiger partial charge is 0.389 e. The van der Waals surface area contributed by atoms with E-state index < -0.39 is 5.60 Å². The maximum atomic E-state index is 12.9. The van der Waals surface area contributed by atoms with Gasteiger partial charge in [-0.1, -0.05) is 23.7 Å². The number of hydrogen-bond acceptors (Lipinski definition) is 6. The number of halogens is 1. The molecular weight excluding hydrogens is 530 g/mol. The van der Waals surface area contributed by atoms with Crippen molar-refractivity contribution in [3.05, 3.63) is 93.1 Å². The predicted octanol–water partition coefficient (Wildman–Crippen LogP) is 3.63. The average molecular weight is 562 g/mol. The van der Waals surface area contributed by atoms with Gasteiger partial charge in [0.15, 0.2) is 5.65 Å². The van der Waals surface area contributed by atoms with Gasteiger partial charge in [0.2, 0.25) is 0 Å². The van der Waals surface area contributed by atoms with Crippen LogP contribution in [0.25, 0.3) is 16.7 Å². The number of fused-ring (bicyclic) bond motifs is 1. The standard InChI is InChI=1S/C30H32ClN5O4/c1-19-17-32-25(18-40-19)20-4-8-23(9-5-20)36-13-10-24-27(36)33-26(34-28(24)37)16-30(39)11-14-35(15-12-30)29(38)21-2-6-22(31)7-3-21/h2-10,13,19,25,32,39H,11-12,14-18H2,1H3,(H,33,34,37)/t19-,25-/m0/s1. The van der Waals surface area contributed by atoms with Crippen LogP contribution in [0.5, 0.6) is 0 Å². The molecule has 2 aromatic carbocycles. The Kier molecular flexibility index (Phi) is 7.22. The van der Waals surface area contributed by atoms with E-state index in [1.54, 1.807) is 35.2 Å². The van der Waals surface area contributed by atoms with Crippen molar-refractivity contribution in [2.24, 2.45) is 0 Å². The van der Waals surface area contributed by atoms with Gasteiger partial charge in [-0.2, -0.15) is 0 Å². The van der Waals surface area contributed by atoms with Gasteiger partial charge in [0.05, 0.1) is 29.7 Å². The molecule has 0 aliphatic carbocycles. The highest BCUT2D eigenvalue weighted by Gasteiger charge is 2.35. The fourth-order valence-corrected chi connectivity index (χ4v) is 5.64. The lowest BCUT2D eigenvalue weighted by molar-refractivity contribution is -0.0175. The van der Waals surface area contributed by atoms with Crippen molar-refractivity contribution in [3.63, 3.8) is 0 Å². The van der Waals surface area contributed by atoms with Gasteiger partial charge in [-0.25, -0.2) is 4.98 Å². The van der Waals surface area contributed by atoms with E-state index in [1.165, 1.54) is 0 Å². The number of amides is 1. The second-order valence-corrected chi connectivity index (χ2v) is 11.3. The molecule has 0 spiro atoms. The summed E-state index contributed by atoms with van der Waals surface area (Å²) in [6.07, 6.45) is 3.01. The fraction of sp³-hybridized carbons (Fsp3) is 0.367. The number of morpholine rings is 1. The van der Waals surface area contributed by atoms with E-state index in [9.17, 15) is 14.7 Å². The minimum atomic E-state index is -1.08. The topological polar surface area (TPSA) is 112 Å². The first-order chi connectivity index (χ1) is 19.3. The van der Waals surface area contributed by atoms with Crippen molar-refractivity contribution in [1.29, 1.82) is 0 Å². The van der Waals surface area contributed by atoms with Gasteiger partial charge in [-0.3, -0.25) is 9.59 Å². The zero-order valence-electron chi connectivity index (χ0n) is 22.3. The van der Waals surface area contributed by atoms with E-state index in [4.69, 9.17) is 21.3 Å². The van der Waals surface area contributed by atoms with E-state index in [0.717, 1.165) is 17.8 Å². The van der Waals surface area contributed by atoms with E-state index >= 15 is 0 Å². The molecule has 40 heavy (non-hydrogen) atoms. The third-order valence-corrected chi connectivity index (χ3v) is 8.20. The summed E-state index contributed by atoms with van der Waals surface area (Å²) < 4.78 is 7.67. The quantitative estimate of drug-likeness (QED) is 0.343. The Bertz CT molecular complexity index is 1560. The van der Waals surface area contributed by atoms with Crippen molar-refractivity contribution >= 4 is 28.5 Å². The number of carbonyl (C=O) groups excluding carboxylic acids is 1. The van der Waals surface area contributed by atoms with Crippen LogP contribution in [0.1, 0.15) is 47.6 Å². The lowest BCUT2D eigenvalue weighted by atomic mass is 9.87. The number of benzene rings is 2. The molecule has 2 saturated heterocycles. The van der Waals surface area contributed by atoms with Crippen LogP contribution in [0.2, 0.25) is 5.02 Å². The van der Waals surface area contributed by atoms with Gasteiger partial charge >= 0.3 is 0 Å². The third kappa shape index (κ3) is 5.42. The molecule has 0 bridgehead atoms. The maximum absolute atomic E-state index is 12.9. The van der Waals surface area contributed by atoms with Gasteiger partial charge in [-0.15, -0.1) is 0 Å². The monoisotopic (exact) mass is 561 g/mol. The molecular formula is C30H32ClN5O4.